The molecule has 0 saturated heterocycles. The van der Waals surface area contributed by atoms with Crippen molar-refractivity contribution in [3.05, 3.63) is 58.9 Å². The molecule has 0 amide bonds. The minimum Gasteiger partial charge on any atom is -0.392 e. The van der Waals surface area contributed by atoms with Crippen molar-refractivity contribution in [1.29, 1.82) is 0 Å². The number of aryl methyl sites for hydroxylation is 2. The molecule has 0 radical (unpaired) electrons. The molecule has 0 unspecified atom stereocenters. The molecule has 2 N–H and O–H groups in total. The van der Waals surface area contributed by atoms with E-state index in [0.717, 1.165) is 5.56 Å². The molecule has 0 aliphatic rings. The Morgan fingerprint density at radius 1 is 1.14 bits per heavy atom. The van der Waals surface area contributed by atoms with Crippen molar-refractivity contribution in [2.45, 2.75) is 25.3 Å². The SMILES string of the molecule is Cc1ccc(S(=O)(=O)Nc2c(C)cccc2F)cc1CO. The summed E-state index contributed by atoms with van der Waals surface area (Å²) in [6, 6.07) is 8.74. The van der Waals surface area contributed by atoms with Gasteiger partial charge in [0.25, 0.3) is 10.0 Å². The van der Waals surface area contributed by atoms with Crippen LogP contribution >= 0.6 is 0 Å². The van der Waals surface area contributed by atoms with Crippen molar-refractivity contribution < 1.29 is 17.9 Å². The first-order valence-electron chi connectivity index (χ1n) is 6.33. The van der Waals surface area contributed by atoms with Crippen LogP contribution in [-0.4, -0.2) is 13.5 Å². The van der Waals surface area contributed by atoms with Crippen molar-refractivity contribution in [3.63, 3.8) is 0 Å². The molecule has 2 rings (SSSR count). The molecule has 6 heteroatoms. The standard InChI is InChI=1S/C15H16FNO3S/c1-10-6-7-13(8-12(10)9-18)21(19,20)17-15-11(2)4-3-5-14(15)16/h3-8,17-18H,9H2,1-2H3. The van der Waals surface area contributed by atoms with Crippen molar-refractivity contribution in [2.24, 2.45) is 0 Å². The van der Waals surface area contributed by atoms with E-state index < -0.39 is 15.8 Å². The van der Waals surface area contributed by atoms with Gasteiger partial charge in [-0.3, -0.25) is 4.72 Å². The maximum atomic E-state index is 13.7. The molecule has 0 spiro atoms. The number of halogens is 1. The monoisotopic (exact) mass is 309 g/mol. The number of para-hydroxylation sites is 1. The normalized spacial score (nSPS) is 11.4. The molecule has 0 aromatic heterocycles. The number of aliphatic hydroxyl groups is 1. The highest BCUT2D eigenvalue weighted by Gasteiger charge is 2.18. The van der Waals surface area contributed by atoms with Crippen LogP contribution in [0.2, 0.25) is 0 Å². The fraction of sp³-hybridized carbons (Fsp3) is 0.200. The summed E-state index contributed by atoms with van der Waals surface area (Å²) in [5.41, 5.74) is 1.73. The molecule has 2 aromatic rings. The van der Waals surface area contributed by atoms with Gasteiger partial charge in [0.15, 0.2) is 0 Å². The molecule has 0 atom stereocenters. The Hall–Kier alpha value is -1.92. The number of anilines is 1. The predicted octanol–water partition coefficient (Wildman–Crippen LogP) is 2.74. The van der Waals surface area contributed by atoms with Crippen molar-refractivity contribution in [2.75, 3.05) is 4.72 Å². The quantitative estimate of drug-likeness (QED) is 0.912. The van der Waals surface area contributed by atoms with E-state index in [-0.39, 0.29) is 17.2 Å². The minimum atomic E-state index is -3.91. The average molecular weight is 309 g/mol. The maximum Gasteiger partial charge on any atom is 0.262 e. The molecule has 0 saturated carbocycles. The largest absolute Gasteiger partial charge is 0.392 e. The van der Waals surface area contributed by atoms with Crippen molar-refractivity contribution in [1.82, 2.24) is 0 Å². The first-order chi connectivity index (χ1) is 9.85. The lowest BCUT2D eigenvalue weighted by atomic mass is 10.1. The Bertz CT molecular complexity index is 752. The van der Waals surface area contributed by atoms with E-state index in [1.165, 1.54) is 24.3 Å². The van der Waals surface area contributed by atoms with Crippen LogP contribution in [0.25, 0.3) is 0 Å². The van der Waals surface area contributed by atoms with E-state index in [2.05, 4.69) is 4.72 Å². The molecule has 0 bridgehead atoms. The minimum absolute atomic E-state index is 0.0141. The van der Waals surface area contributed by atoms with Crippen LogP contribution in [0.15, 0.2) is 41.3 Å². The van der Waals surface area contributed by atoms with Gasteiger partial charge in [-0.05, 0) is 48.7 Å². The Kier molecular flexibility index (Phi) is 4.29. The number of aliphatic hydroxyl groups excluding tert-OH is 1. The highest BCUT2D eigenvalue weighted by atomic mass is 32.2. The zero-order valence-electron chi connectivity index (χ0n) is 11.7. The summed E-state index contributed by atoms with van der Waals surface area (Å²) in [6.45, 7) is 3.14. The maximum absolute atomic E-state index is 13.7. The lowest BCUT2D eigenvalue weighted by molar-refractivity contribution is 0.281. The summed E-state index contributed by atoms with van der Waals surface area (Å²) in [6.07, 6.45) is 0. The third kappa shape index (κ3) is 3.22. The number of hydrogen-bond donors (Lipinski definition) is 2. The third-order valence-corrected chi connectivity index (χ3v) is 4.61. The molecule has 21 heavy (non-hydrogen) atoms. The van der Waals surface area contributed by atoms with E-state index in [1.54, 1.807) is 26.0 Å². The van der Waals surface area contributed by atoms with Crippen molar-refractivity contribution >= 4 is 15.7 Å². The van der Waals surface area contributed by atoms with Crippen LogP contribution < -0.4 is 4.72 Å². The zero-order chi connectivity index (χ0) is 15.6. The van der Waals surface area contributed by atoms with Gasteiger partial charge in [-0.2, -0.15) is 0 Å². The van der Waals surface area contributed by atoms with Gasteiger partial charge in [0.1, 0.15) is 5.82 Å². The van der Waals surface area contributed by atoms with Crippen LogP contribution in [0.4, 0.5) is 10.1 Å². The smallest absolute Gasteiger partial charge is 0.262 e. The van der Waals surface area contributed by atoms with Gasteiger partial charge < -0.3 is 5.11 Å². The first-order valence-corrected chi connectivity index (χ1v) is 7.82. The van der Waals surface area contributed by atoms with Gasteiger partial charge in [-0.1, -0.05) is 18.2 Å². The average Bonchev–Trinajstić information content (AvgIpc) is 2.43. The van der Waals surface area contributed by atoms with Gasteiger partial charge in [0, 0.05) is 0 Å². The number of hydrogen-bond acceptors (Lipinski definition) is 3. The van der Waals surface area contributed by atoms with Gasteiger partial charge in [-0.15, -0.1) is 0 Å². The van der Waals surface area contributed by atoms with Crippen LogP contribution in [0, 0.1) is 19.7 Å². The molecule has 2 aromatic carbocycles. The summed E-state index contributed by atoms with van der Waals surface area (Å²) in [4.78, 5) is -0.0141. The molecule has 4 nitrogen and oxygen atoms in total. The number of benzene rings is 2. The van der Waals surface area contributed by atoms with E-state index in [4.69, 9.17) is 0 Å². The molecule has 0 heterocycles. The number of nitrogens with one attached hydrogen (secondary N) is 1. The second kappa shape index (κ2) is 5.83. The second-order valence-electron chi connectivity index (χ2n) is 4.78. The van der Waals surface area contributed by atoms with Gasteiger partial charge >= 0.3 is 0 Å². The fourth-order valence-electron chi connectivity index (χ4n) is 1.94. The van der Waals surface area contributed by atoms with Crippen molar-refractivity contribution in [3.8, 4) is 0 Å². The summed E-state index contributed by atoms with van der Waals surface area (Å²) in [5.74, 6) is -0.631. The van der Waals surface area contributed by atoms with Gasteiger partial charge in [0.05, 0.1) is 17.2 Å². The van der Waals surface area contributed by atoms with E-state index in [9.17, 15) is 17.9 Å². The highest BCUT2D eigenvalue weighted by Crippen LogP contribution is 2.24. The van der Waals surface area contributed by atoms with E-state index >= 15 is 0 Å². The Morgan fingerprint density at radius 2 is 1.86 bits per heavy atom. The first kappa shape index (κ1) is 15.5. The summed E-state index contributed by atoms with van der Waals surface area (Å²) >= 11 is 0. The molecule has 112 valence electrons. The molecular formula is C15H16FNO3S. The van der Waals surface area contributed by atoms with Gasteiger partial charge in [0.2, 0.25) is 0 Å². The zero-order valence-corrected chi connectivity index (χ0v) is 12.5. The molecule has 0 aliphatic heterocycles. The highest BCUT2D eigenvalue weighted by molar-refractivity contribution is 7.92. The molecule has 0 aliphatic carbocycles. The Labute approximate surface area is 123 Å². The lowest BCUT2D eigenvalue weighted by Crippen LogP contribution is -2.15. The van der Waals surface area contributed by atoms with E-state index in [1.807, 2.05) is 0 Å². The Balaban J connectivity index is 2.44. The number of sulfonamides is 1. The summed E-state index contributed by atoms with van der Waals surface area (Å²) < 4.78 is 40.6. The van der Waals surface area contributed by atoms with Crippen LogP contribution in [0.3, 0.4) is 0 Å². The molecular weight excluding hydrogens is 293 g/mol. The summed E-state index contributed by atoms with van der Waals surface area (Å²) in [5, 5.41) is 9.21. The Morgan fingerprint density at radius 3 is 2.48 bits per heavy atom. The van der Waals surface area contributed by atoms with Gasteiger partial charge in [-0.25, -0.2) is 12.8 Å². The topological polar surface area (TPSA) is 66.4 Å². The van der Waals surface area contributed by atoms with Crippen LogP contribution in [0.1, 0.15) is 16.7 Å². The summed E-state index contributed by atoms with van der Waals surface area (Å²) in [7, 11) is -3.91. The van der Waals surface area contributed by atoms with Crippen LogP contribution in [-0.2, 0) is 16.6 Å². The predicted molar refractivity (Wildman–Crippen MR) is 79.0 cm³/mol. The molecule has 0 fully saturated rings. The second-order valence-corrected chi connectivity index (χ2v) is 6.47. The fourth-order valence-corrected chi connectivity index (χ4v) is 3.13. The van der Waals surface area contributed by atoms with E-state index in [0.29, 0.717) is 11.1 Å². The number of rotatable bonds is 4. The van der Waals surface area contributed by atoms with Crippen LogP contribution in [0.5, 0.6) is 0 Å². The lowest BCUT2D eigenvalue weighted by Gasteiger charge is -2.12. The third-order valence-electron chi connectivity index (χ3n) is 3.26.